The van der Waals surface area contributed by atoms with Gasteiger partial charge in [0.2, 0.25) is 5.91 Å². The van der Waals surface area contributed by atoms with E-state index >= 15 is 0 Å². The first-order chi connectivity index (χ1) is 18.5. The minimum absolute atomic E-state index is 0.0655. The molecule has 1 aliphatic carbocycles. The lowest BCUT2D eigenvalue weighted by atomic mass is 10.00. The molecule has 1 aromatic heterocycles. The molecule has 8 heteroatoms. The highest BCUT2D eigenvalue weighted by atomic mass is 16.5. The van der Waals surface area contributed by atoms with E-state index in [1.165, 1.54) is 29.7 Å². The van der Waals surface area contributed by atoms with E-state index in [0.717, 1.165) is 61.7 Å². The lowest BCUT2D eigenvalue weighted by molar-refractivity contribution is -0.119. The molecule has 7 rings (SSSR count). The molecule has 1 saturated carbocycles. The number of rotatable bonds is 7. The number of aryl methyl sites for hydroxylation is 1. The summed E-state index contributed by atoms with van der Waals surface area (Å²) in [7, 11) is 0. The number of carbonyl (C=O) groups is 1. The van der Waals surface area contributed by atoms with Crippen LogP contribution < -0.4 is 15.0 Å². The molecule has 8 nitrogen and oxygen atoms in total. The summed E-state index contributed by atoms with van der Waals surface area (Å²) in [6.07, 6.45) is 4.80. The van der Waals surface area contributed by atoms with Crippen LogP contribution in [0.15, 0.2) is 36.7 Å². The van der Waals surface area contributed by atoms with Gasteiger partial charge in [0.25, 0.3) is 0 Å². The number of amides is 1. The zero-order chi connectivity index (χ0) is 25.8. The normalized spacial score (nSPS) is 23.5. The number of ether oxygens (including phenoxy) is 2. The SMILES string of the molecule is Cc1cc(-c2cc(OC(C)C3CNC(=O)C3)c3c(c2)ncn3C2CC2)ccc1N1CCN(C2COC2)CC1. The molecule has 1 amide bonds. The van der Waals surface area contributed by atoms with Gasteiger partial charge in [0.05, 0.1) is 31.1 Å². The van der Waals surface area contributed by atoms with Crippen molar-refractivity contribution in [2.75, 3.05) is 50.8 Å². The Morgan fingerprint density at radius 2 is 1.87 bits per heavy atom. The maximum Gasteiger partial charge on any atom is 0.220 e. The van der Waals surface area contributed by atoms with Gasteiger partial charge in [-0.25, -0.2) is 4.98 Å². The quantitative estimate of drug-likeness (QED) is 0.517. The number of benzene rings is 2. The molecule has 3 aromatic rings. The van der Waals surface area contributed by atoms with Gasteiger partial charge in [0, 0.05) is 56.8 Å². The standard InChI is InChI=1S/C30H37N5O3/c1-19-11-21(3-6-27(19)34-9-7-33(8-10-34)25-16-37-17-25)22-12-26-30(35(18-32-26)24-4-5-24)28(13-22)38-20(2)23-14-29(36)31-15-23/h3,6,11-13,18,20,23-25H,4-5,7-10,14-17H2,1-2H3,(H,31,36). The number of aromatic nitrogens is 2. The molecule has 0 spiro atoms. The van der Waals surface area contributed by atoms with Crippen LogP contribution in [0.4, 0.5) is 5.69 Å². The van der Waals surface area contributed by atoms with Crippen molar-refractivity contribution in [3.63, 3.8) is 0 Å². The summed E-state index contributed by atoms with van der Waals surface area (Å²) >= 11 is 0. The number of nitrogens with zero attached hydrogens (tertiary/aromatic N) is 4. The van der Waals surface area contributed by atoms with Crippen LogP contribution >= 0.6 is 0 Å². The molecule has 4 aliphatic rings. The predicted molar refractivity (Wildman–Crippen MR) is 148 cm³/mol. The van der Waals surface area contributed by atoms with Crippen molar-refractivity contribution in [2.24, 2.45) is 5.92 Å². The number of carbonyl (C=O) groups excluding carboxylic acids is 1. The van der Waals surface area contributed by atoms with E-state index in [1.54, 1.807) is 0 Å². The van der Waals surface area contributed by atoms with Crippen LogP contribution in [0.2, 0.25) is 0 Å². The Morgan fingerprint density at radius 3 is 2.53 bits per heavy atom. The summed E-state index contributed by atoms with van der Waals surface area (Å²) in [6, 6.07) is 12.3. The van der Waals surface area contributed by atoms with Gasteiger partial charge in [-0.3, -0.25) is 9.69 Å². The molecule has 2 aromatic carbocycles. The van der Waals surface area contributed by atoms with Gasteiger partial charge in [-0.05, 0) is 67.6 Å². The topological polar surface area (TPSA) is 71.9 Å². The highest BCUT2D eigenvalue weighted by Crippen LogP contribution is 2.42. The van der Waals surface area contributed by atoms with Crippen molar-refractivity contribution >= 4 is 22.6 Å². The van der Waals surface area contributed by atoms with Crippen molar-refractivity contribution in [3.8, 4) is 16.9 Å². The zero-order valence-corrected chi connectivity index (χ0v) is 22.4. The first kappa shape index (κ1) is 24.0. The Kier molecular flexibility index (Phi) is 6.04. The second-order valence-electron chi connectivity index (χ2n) is 11.5. The lowest BCUT2D eigenvalue weighted by Gasteiger charge is -2.43. The predicted octanol–water partition coefficient (Wildman–Crippen LogP) is 3.77. The summed E-state index contributed by atoms with van der Waals surface area (Å²) < 4.78 is 14.3. The minimum Gasteiger partial charge on any atom is -0.488 e. The molecule has 3 saturated heterocycles. The van der Waals surface area contributed by atoms with Crippen molar-refractivity contribution in [3.05, 3.63) is 42.2 Å². The first-order valence-electron chi connectivity index (χ1n) is 14.1. The summed E-state index contributed by atoms with van der Waals surface area (Å²) in [4.78, 5) is 21.7. The van der Waals surface area contributed by atoms with Crippen LogP contribution in [0.5, 0.6) is 5.75 Å². The number of hydrogen-bond donors (Lipinski definition) is 1. The van der Waals surface area contributed by atoms with Crippen LogP contribution in [0.1, 0.15) is 37.8 Å². The smallest absolute Gasteiger partial charge is 0.220 e. The van der Waals surface area contributed by atoms with Crippen molar-refractivity contribution in [1.29, 1.82) is 0 Å². The van der Waals surface area contributed by atoms with Gasteiger partial charge < -0.3 is 24.3 Å². The molecule has 4 fully saturated rings. The fourth-order valence-electron chi connectivity index (χ4n) is 6.23. The molecule has 3 aliphatic heterocycles. The second-order valence-corrected chi connectivity index (χ2v) is 11.5. The Balaban J connectivity index is 1.16. The first-order valence-corrected chi connectivity index (χ1v) is 14.1. The number of piperazine rings is 1. The van der Waals surface area contributed by atoms with E-state index in [1.807, 2.05) is 6.33 Å². The monoisotopic (exact) mass is 515 g/mol. The maximum absolute atomic E-state index is 11.8. The van der Waals surface area contributed by atoms with E-state index < -0.39 is 0 Å². The van der Waals surface area contributed by atoms with Gasteiger partial charge in [-0.1, -0.05) is 6.07 Å². The number of fused-ring (bicyclic) bond motifs is 1. The molecule has 0 bridgehead atoms. The molecular weight excluding hydrogens is 478 g/mol. The average molecular weight is 516 g/mol. The summed E-state index contributed by atoms with van der Waals surface area (Å²) in [5, 5.41) is 2.95. The highest BCUT2D eigenvalue weighted by Gasteiger charge is 2.31. The van der Waals surface area contributed by atoms with Crippen LogP contribution in [-0.4, -0.2) is 78.4 Å². The van der Waals surface area contributed by atoms with Crippen molar-refractivity contribution in [2.45, 2.75) is 51.3 Å². The van der Waals surface area contributed by atoms with Gasteiger partial charge in [-0.15, -0.1) is 0 Å². The number of anilines is 1. The molecule has 0 radical (unpaired) electrons. The van der Waals surface area contributed by atoms with Gasteiger partial charge in [-0.2, -0.15) is 0 Å². The number of hydrogen-bond acceptors (Lipinski definition) is 6. The Bertz CT molecular complexity index is 1350. The van der Waals surface area contributed by atoms with Gasteiger partial charge in [0.15, 0.2) is 0 Å². The highest BCUT2D eigenvalue weighted by molar-refractivity contribution is 5.88. The Morgan fingerprint density at radius 1 is 1.05 bits per heavy atom. The fourth-order valence-corrected chi connectivity index (χ4v) is 6.23. The third-order valence-corrected chi connectivity index (χ3v) is 8.88. The second kappa shape index (κ2) is 9.58. The third-order valence-electron chi connectivity index (χ3n) is 8.88. The van der Waals surface area contributed by atoms with E-state index in [0.29, 0.717) is 25.0 Å². The fraction of sp³-hybridized carbons (Fsp3) is 0.533. The molecule has 4 heterocycles. The Hall–Kier alpha value is -3.10. The molecule has 200 valence electrons. The summed E-state index contributed by atoms with van der Waals surface area (Å²) in [6.45, 7) is 11.0. The maximum atomic E-state index is 11.8. The van der Waals surface area contributed by atoms with Gasteiger partial charge in [0.1, 0.15) is 17.4 Å². The van der Waals surface area contributed by atoms with E-state index in [-0.39, 0.29) is 17.9 Å². The zero-order valence-electron chi connectivity index (χ0n) is 22.4. The molecule has 2 atom stereocenters. The van der Waals surface area contributed by atoms with Crippen molar-refractivity contribution < 1.29 is 14.3 Å². The summed E-state index contributed by atoms with van der Waals surface area (Å²) in [5.74, 6) is 1.16. The van der Waals surface area contributed by atoms with Crippen molar-refractivity contribution in [1.82, 2.24) is 19.8 Å². The number of nitrogens with one attached hydrogen (secondary N) is 1. The lowest BCUT2D eigenvalue weighted by Crippen LogP contribution is -2.56. The largest absolute Gasteiger partial charge is 0.488 e. The average Bonchev–Trinajstić information content (AvgIpc) is 3.48. The van der Waals surface area contributed by atoms with Crippen LogP contribution in [0, 0.1) is 12.8 Å². The van der Waals surface area contributed by atoms with E-state index in [2.05, 4.69) is 63.9 Å². The third kappa shape index (κ3) is 4.43. The molecule has 1 N–H and O–H groups in total. The summed E-state index contributed by atoms with van der Waals surface area (Å²) in [5.41, 5.74) is 6.94. The number of imidazole rings is 1. The molecular formula is C30H37N5O3. The van der Waals surface area contributed by atoms with E-state index in [9.17, 15) is 4.79 Å². The van der Waals surface area contributed by atoms with Crippen LogP contribution in [-0.2, 0) is 9.53 Å². The molecule has 2 unspecified atom stereocenters. The Labute approximate surface area is 223 Å². The molecule has 38 heavy (non-hydrogen) atoms. The minimum atomic E-state index is -0.0655. The van der Waals surface area contributed by atoms with Crippen LogP contribution in [0.25, 0.3) is 22.2 Å². The van der Waals surface area contributed by atoms with Crippen LogP contribution in [0.3, 0.4) is 0 Å². The van der Waals surface area contributed by atoms with Gasteiger partial charge >= 0.3 is 0 Å². The van der Waals surface area contributed by atoms with E-state index in [4.69, 9.17) is 14.5 Å².